The summed E-state index contributed by atoms with van der Waals surface area (Å²) in [4.78, 5) is 16.3. The van der Waals surface area contributed by atoms with E-state index < -0.39 is 23.5 Å². The first-order valence-electron chi connectivity index (χ1n) is 7.29. The maximum absolute atomic E-state index is 13.8. The number of alkyl halides is 3. The first kappa shape index (κ1) is 17.9. The fourth-order valence-corrected chi connectivity index (χ4v) is 2.94. The van der Waals surface area contributed by atoms with Crippen molar-refractivity contribution in [2.75, 3.05) is 5.43 Å². The van der Waals surface area contributed by atoms with Crippen LogP contribution in [0.5, 0.6) is 0 Å². The van der Waals surface area contributed by atoms with Crippen molar-refractivity contribution < 1.29 is 22.4 Å². The zero-order valence-electron chi connectivity index (χ0n) is 13.0. The zero-order valence-corrected chi connectivity index (χ0v) is 13.8. The maximum atomic E-state index is 13.8. The number of amides is 1. The lowest BCUT2D eigenvalue weighted by Crippen LogP contribution is -2.28. The minimum Gasteiger partial charge on any atom is -0.298 e. The van der Waals surface area contributed by atoms with Crippen molar-refractivity contribution in [3.05, 3.63) is 71.0 Å². The number of hydrazine groups is 1. The van der Waals surface area contributed by atoms with Crippen LogP contribution in [0.4, 0.5) is 23.2 Å². The zero-order chi connectivity index (χ0) is 18.7. The van der Waals surface area contributed by atoms with Gasteiger partial charge in [0.1, 0.15) is 15.7 Å². The molecule has 2 aromatic carbocycles. The monoisotopic (exact) mass is 381 g/mol. The minimum absolute atomic E-state index is 0.0759. The van der Waals surface area contributed by atoms with Gasteiger partial charge in [0, 0.05) is 5.56 Å². The highest BCUT2D eigenvalue weighted by Crippen LogP contribution is 2.30. The van der Waals surface area contributed by atoms with E-state index in [1.807, 2.05) is 0 Å². The van der Waals surface area contributed by atoms with Crippen LogP contribution in [0, 0.1) is 5.82 Å². The third-order valence-electron chi connectivity index (χ3n) is 3.34. The normalized spacial score (nSPS) is 11.2. The predicted octanol–water partition coefficient (Wildman–Crippen LogP) is 4.72. The lowest BCUT2D eigenvalue weighted by Gasteiger charge is -2.10. The number of nitrogens with zero attached hydrogens (tertiary/aromatic N) is 1. The standard InChI is InChI=1S/C17H11F4N3OS/c18-13-7-2-1-6-12(13)16-22-9-14(26-16)15(25)24-23-11-5-3-4-10(8-11)17(19,20)21/h1-9,23H,(H,24,25). The van der Waals surface area contributed by atoms with Gasteiger partial charge in [-0.25, -0.2) is 9.37 Å². The number of hydrogen-bond donors (Lipinski definition) is 2. The number of halogens is 4. The molecule has 2 N–H and O–H groups in total. The fourth-order valence-electron chi connectivity index (χ4n) is 2.10. The van der Waals surface area contributed by atoms with Gasteiger partial charge in [-0.05, 0) is 30.3 Å². The summed E-state index contributed by atoms with van der Waals surface area (Å²) in [6, 6.07) is 10.4. The Balaban J connectivity index is 1.69. The second-order valence-electron chi connectivity index (χ2n) is 5.17. The summed E-state index contributed by atoms with van der Waals surface area (Å²) in [5, 5.41) is 0.326. The molecule has 0 saturated carbocycles. The van der Waals surface area contributed by atoms with Crippen LogP contribution in [-0.4, -0.2) is 10.9 Å². The summed E-state index contributed by atoms with van der Waals surface area (Å²) < 4.78 is 51.8. The molecule has 0 aliphatic heterocycles. The second-order valence-corrected chi connectivity index (χ2v) is 6.20. The van der Waals surface area contributed by atoms with Crippen LogP contribution in [0.15, 0.2) is 54.7 Å². The molecule has 3 rings (SSSR count). The van der Waals surface area contributed by atoms with Crippen LogP contribution in [0.1, 0.15) is 15.2 Å². The Morgan fingerprint density at radius 1 is 1.08 bits per heavy atom. The molecular formula is C17H11F4N3OS. The Hall–Kier alpha value is -2.94. The van der Waals surface area contributed by atoms with Gasteiger partial charge in [0.25, 0.3) is 5.91 Å². The topological polar surface area (TPSA) is 54.0 Å². The molecule has 0 fully saturated rings. The third-order valence-corrected chi connectivity index (χ3v) is 4.37. The molecule has 1 aromatic heterocycles. The molecule has 1 amide bonds. The Labute approximate surface area is 149 Å². The van der Waals surface area contributed by atoms with Gasteiger partial charge in [0.15, 0.2) is 0 Å². The first-order chi connectivity index (χ1) is 12.3. The Kier molecular flexibility index (Phi) is 4.90. The minimum atomic E-state index is -4.48. The fraction of sp³-hybridized carbons (Fsp3) is 0.0588. The molecule has 0 aliphatic rings. The number of carbonyl (C=O) groups is 1. The average molecular weight is 381 g/mol. The number of thiazole rings is 1. The Morgan fingerprint density at radius 3 is 2.58 bits per heavy atom. The second kappa shape index (κ2) is 7.12. The van der Waals surface area contributed by atoms with Crippen molar-refractivity contribution in [2.45, 2.75) is 6.18 Å². The summed E-state index contributed by atoms with van der Waals surface area (Å²) in [6.45, 7) is 0. The van der Waals surface area contributed by atoms with Crippen LogP contribution in [0.2, 0.25) is 0 Å². The molecule has 9 heteroatoms. The van der Waals surface area contributed by atoms with Gasteiger partial charge >= 0.3 is 6.18 Å². The number of carbonyl (C=O) groups excluding carboxylic acids is 1. The molecule has 0 radical (unpaired) electrons. The molecule has 0 aliphatic carbocycles. The lowest BCUT2D eigenvalue weighted by molar-refractivity contribution is -0.137. The average Bonchev–Trinajstić information content (AvgIpc) is 3.09. The van der Waals surface area contributed by atoms with Gasteiger partial charge in [-0.15, -0.1) is 11.3 Å². The van der Waals surface area contributed by atoms with E-state index in [-0.39, 0.29) is 16.1 Å². The molecule has 134 valence electrons. The van der Waals surface area contributed by atoms with Crippen LogP contribution in [-0.2, 0) is 6.18 Å². The number of benzene rings is 2. The van der Waals surface area contributed by atoms with E-state index >= 15 is 0 Å². The van der Waals surface area contributed by atoms with E-state index in [1.165, 1.54) is 30.5 Å². The van der Waals surface area contributed by atoms with Gasteiger partial charge < -0.3 is 0 Å². The summed E-state index contributed by atoms with van der Waals surface area (Å²) in [6.07, 6.45) is -3.20. The van der Waals surface area contributed by atoms with E-state index in [2.05, 4.69) is 15.8 Å². The summed E-state index contributed by atoms with van der Waals surface area (Å²) >= 11 is 0.968. The maximum Gasteiger partial charge on any atom is 0.416 e. The number of rotatable bonds is 4. The summed E-state index contributed by atoms with van der Waals surface area (Å²) in [5.41, 5.74) is 4.22. The van der Waals surface area contributed by atoms with Crippen molar-refractivity contribution in [1.29, 1.82) is 0 Å². The highest BCUT2D eigenvalue weighted by molar-refractivity contribution is 7.16. The molecule has 4 nitrogen and oxygen atoms in total. The van der Waals surface area contributed by atoms with E-state index in [0.29, 0.717) is 5.01 Å². The molecule has 1 heterocycles. The highest BCUT2D eigenvalue weighted by Gasteiger charge is 2.30. The van der Waals surface area contributed by atoms with Crippen molar-refractivity contribution in [2.24, 2.45) is 0 Å². The number of anilines is 1. The van der Waals surface area contributed by atoms with Crippen LogP contribution < -0.4 is 10.9 Å². The van der Waals surface area contributed by atoms with Gasteiger partial charge in [-0.1, -0.05) is 18.2 Å². The highest BCUT2D eigenvalue weighted by atomic mass is 32.1. The molecule has 0 saturated heterocycles. The van der Waals surface area contributed by atoms with Crippen molar-refractivity contribution >= 4 is 22.9 Å². The van der Waals surface area contributed by atoms with Crippen LogP contribution in [0.3, 0.4) is 0 Å². The Bertz CT molecular complexity index is 940. The third kappa shape index (κ3) is 3.99. The molecule has 0 spiro atoms. The first-order valence-corrected chi connectivity index (χ1v) is 8.10. The molecule has 3 aromatic rings. The van der Waals surface area contributed by atoms with Gasteiger partial charge in [-0.2, -0.15) is 13.2 Å². The SMILES string of the molecule is O=C(NNc1cccc(C(F)(F)F)c1)c1cnc(-c2ccccc2F)s1. The van der Waals surface area contributed by atoms with Gasteiger partial charge in [-0.3, -0.25) is 15.6 Å². The quantitative estimate of drug-likeness (QED) is 0.508. The lowest BCUT2D eigenvalue weighted by atomic mass is 10.2. The Morgan fingerprint density at radius 2 is 1.85 bits per heavy atom. The summed E-state index contributed by atoms with van der Waals surface area (Å²) in [7, 11) is 0. The molecule has 0 bridgehead atoms. The molecule has 26 heavy (non-hydrogen) atoms. The molecule has 0 unspecified atom stereocenters. The van der Waals surface area contributed by atoms with Crippen LogP contribution in [0.25, 0.3) is 10.6 Å². The van der Waals surface area contributed by atoms with E-state index in [1.54, 1.807) is 12.1 Å². The molecule has 0 atom stereocenters. The van der Waals surface area contributed by atoms with Crippen molar-refractivity contribution in [3.63, 3.8) is 0 Å². The van der Waals surface area contributed by atoms with Gasteiger partial charge in [0.2, 0.25) is 0 Å². The summed E-state index contributed by atoms with van der Waals surface area (Å²) in [5.74, 6) is -1.06. The smallest absolute Gasteiger partial charge is 0.298 e. The largest absolute Gasteiger partial charge is 0.416 e. The van der Waals surface area contributed by atoms with Crippen molar-refractivity contribution in [1.82, 2.24) is 10.4 Å². The molecular weight excluding hydrogens is 370 g/mol. The van der Waals surface area contributed by atoms with E-state index in [0.717, 1.165) is 23.5 Å². The predicted molar refractivity (Wildman–Crippen MR) is 90.0 cm³/mol. The number of aromatic nitrogens is 1. The van der Waals surface area contributed by atoms with Gasteiger partial charge in [0.05, 0.1) is 17.4 Å². The van der Waals surface area contributed by atoms with E-state index in [4.69, 9.17) is 0 Å². The number of nitrogens with one attached hydrogen (secondary N) is 2. The number of hydrogen-bond acceptors (Lipinski definition) is 4. The van der Waals surface area contributed by atoms with Crippen LogP contribution >= 0.6 is 11.3 Å². The van der Waals surface area contributed by atoms with E-state index in [9.17, 15) is 22.4 Å². The van der Waals surface area contributed by atoms with Crippen molar-refractivity contribution in [3.8, 4) is 10.6 Å².